The maximum atomic E-state index is 5.70. The Morgan fingerprint density at radius 2 is 2.21 bits per heavy atom. The average Bonchev–Trinajstić information content (AvgIpc) is 3.22. The summed E-state index contributed by atoms with van der Waals surface area (Å²) in [4.78, 5) is 2.31. The van der Waals surface area contributed by atoms with Gasteiger partial charge < -0.3 is 15.0 Å². The standard InChI is InChI=1S/C16H24N2O/c1-18(2)15(11-17-14-6-7-14)12-5-8-16-13(10-12)4-3-9-19-16/h5,8,10,14-15,17H,3-4,6-7,9,11H2,1-2H3. The van der Waals surface area contributed by atoms with Gasteiger partial charge in [0.25, 0.3) is 0 Å². The molecule has 3 heteroatoms. The van der Waals surface area contributed by atoms with E-state index in [9.17, 15) is 0 Å². The summed E-state index contributed by atoms with van der Waals surface area (Å²) in [5, 5.41) is 3.64. The van der Waals surface area contributed by atoms with Gasteiger partial charge in [0.15, 0.2) is 0 Å². The van der Waals surface area contributed by atoms with Gasteiger partial charge in [0.1, 0.15) is 5.75 Å². The number of rotatable bonds is 5. The predicted molar refractivity (Wildman–Crippen MR) is 77.7 cm³/mol. The van der Waals surface area contributed by atoms with Gasteiger partial charge in [0.2, 0.25) is 0 Å². The number of ether oxygens (including phenoxy) is 1. The molecule has 1 unspecified atom stereocenters. The Morgan fingerprint density at radius 3 is 2.95 bits per heavy atom. The Kier molecular flexibility index (Phi) is 3.76. The monoisotopic (exact) mass is 260 g/mol. The van der Waals surface area contributed by atoms with Crippen molar-refractivity contribution in [2.75, 3.05) is 27.2 Å². The lowest BCUT2D eigenvalue weighted by atomic mass is 9.98. The highest BCUT2D eigenvalue weighted by molar-refractivity contribution is 5.39. The van der Waals surface area contributed by atoms with E-state index in [0.717, 1.165) is 37.8 Å². The maximum Gasteiger partial charge on any atom is 0.122 e. The first-order valence-electron chi connectivity index (χ1n) is 7.39. The largest absolute Gasteiger partial charge is 0.493 e. The van der Waals surface area contributed by atoms with Gasteiger partial charge in [-0.1, -0.05) is 12.1 Å². The van der Waals surface area contributed by atoms with Crippen LogP contribution in [0.15, 0.2) is 18.2 Å². The van der Waals surface area contributed by atoms with Crippen molar-refractivity contribution in [3.63, 3.8) is 0 Å². The number of hydrogen-bond acceptors (Lipinski definition) is 3. The summed E-state index contributed by atoms with van der Waals surface area (Å²) in [5.74, 6) is 1.09. The van der Waals surface area contributed by atoms with Crippen molar-refractivity contribution in [2.45, 2.75) is 37.8 Å². The Morgan fingerprint density at radius 1 is 1.37 bits per heavy atom. The lowest BCUT2D eigenvalue weighted by Crippen LogP contribution is -2.32. The zero-order valence-corrected chi connectivity index (χ0v) is 12.0. The van der Waals surface area contributed by atoms with Crippen LogP contribution in [0.3, 0.4) is 0 Å². The van der Waals surface area contributed by atoms with Crippen LogP contribution < -0.4 is 10.1 Å². The Balaban J connectivity index is 1.76. The number of likely N-dealkylation sites (N-methyl/N-ethyl adjacent to an activating group) is 1. The molecule has 1 heterocycles. The second-order valence-electron chi connectivity index (χ2n) is 5.98. The zero-order valence-electron chi connectivity index (χ0n) is 12.0. The highest BCUT2D eigenvalue weighted by Gasteiger charge is 2.24. The van der Waals surface area contributed by atoms with Gasteiger partial charge in [0, 0.05) is 18.6 Å². The SMILES string of the molecule is CN(C)C(CNC1CC1)c1ccc2c(c1)CCCO2. The second-order valence-corrected chi connectivity index (χ2v) is 5.98. The number of nitrogens with zero attached hydrogens (tertiary/aromatic N) is 1. The van der Waals surface area contributed by atoms with Crippen LogP contribution in [0, 0.1) is 0 Å². The third kappa shape index (κ3) is 3.10. The van der Waals surface area contributed by atoms with Crippen LogP contribution in [-0.4, -0.2) is 38.2 Å². The fourth-order valence-electron chi connectivity index (χ4n) is 2.75. The van der Waals surface area contributed by atoms with E-state index in [1.807, 2.05) is 0 Å². The first-order valence-corrected chi connectivity index (χ1v) is 7.39. The van der Waals surface area contributed by atoms with Gasteiger partial charge in [-0.3, -0.25) is 0 Å². The molecule has 0 bridgehead atoms. The van der Waals surface area contributed by atoms with Gasteiger partial charge in [-0.15, -0.1) is 0 Å². The molecule has 3 nitrogen and oxygen atoms in total. The molecule has 1 fully saturated rings. The normalized spacial score (nSPS) is 19.9. The quantitative estimate of drug-likeness (QED) is 0.879. The van der Waals surface area contributed by atoms with Crippen molar-refractivity contribution in [3.05, 3.63) is 29.3 Å². The first-order chi connectivity index (χ1) is 9.24. The summed E-state index contributed by atoms with van der Waals surface area (Å²) in [5.41, 5.74) is 2.78. The Bertz CT molecular complexity index is 440. The van der Waals surface area contributed by atoms with E-state index in [-0.39, 0.29) is 0 Å². The van der Waals surface area contributed by atoms with Crippen LogP contribution in [0.4, 0.5) is 0 Å². The van der Waals surface area contributed by atoms with Crippen LogP contribution in [0.1, 0.15) is 36.4 Å². The highest BCUT2D eigenvalue weighted by atomic mass is 16.5. The summed E-state index contributed by atoms with van der Waals surface area (Å²) in [6.45, 7) is 1.91. The molecule has 1 saturated carbocycles. The topological polar surface area (TPSA) is 24.5 Å². The van der Waals surface area contributed by atoms with E-state index < -0.39 is 0 Å². The maximum absolute atomic E-state index is 5.70. The molecule has 19 heavy (non-hydrogen) atoms. The molecule has 1 N–H and O–H groups in total. The number of nitrogens with one attached hydrogen (secondary N) is 1. The van der Waals surface area contributed by atoms with Gasteiger partial charge in [0.05, 0.1) is 6.61 Å². The number of benzene rings is 1. The molecule has 1 aliphatic carbocycles. The van der Waals surface area contributed by atoms with Crippen molar-refractivity contribution in [1.82, 2.24) is 10.2 Å². The molecule has 0 aromatic heterocycles. The molecule has 0 spiro atoms. The predicted octanol–water partition coefficient (Wildman–Crippen LogP) is 2.37. The fourth-order valence-corrected chi connectivity index (χ4v) is 2.75. The molecular formula is C16H24N2O. The Hall–Kier alpha value is -1.06. The van der Waals surface area contributed by atoms with E-state index in [1.54, 1.807) is 0 Å². The van der Waals surface area contributed by atoms with Crippen molar-refractivity contribution in [1.29, 1.82) is 0 Å². The van der Waals surface area contributed by atoms with Crippen LogP contribution in [0.25, 0.3) is 0 Å². The van der Waals surface area contributed by atoms with Crippen molar-refractivity contribution >= 4 is 0 Å². The van der Waals surface area contributed by atoms with E-state index in [0.29, 0.717) is 6.04 Å². The molecule has 0 radical (unpaired) electrons. The van der Waals surface area contributed by atoms with E-state index in [4.69, 9.17) is 4.74 Å². The van der Waals surface area contributed by atoms with E-state index in [1.165, 1.54) is 24.0 Å². The zero-order chi connectivity index (χ0) is 13.2. The smallest absolute Gasteiger partial charge is 0.122 e. The highest BCUT2D eigenvalue weighted by Crippen LogP contribution is 2.29. The molecule has 1 atom stereocenters. The number of hydrogen-bond donors (Lipinski definition) is 1. The molecule has 1 aromatic rings. The lowest BCUT2D eigenvalue weighted by Gasteiger charge is -2.27. The molecule has 0 amide bonds. The lowest BCUT2D eigenvalue weighted by molar-refractivity contribution is 0.280. The third-order valence-corrected chi connectivity index (χ3v) is 4.12. The minimum atomic E-state index is 0.452. The average molecular weight is 260 g/mol. The van der Waals surface area contributed by atoms with Crippen LogP contribution in [0.5, 0.6) is 5.75 Å². The molecule has 1 aromatic carbocycles. The second kappa shape index (κ2) is 5.51. The minimum Gasteiger partial charge on any atom is -0.493 e. The Labute approximate surface area is 115 Å². The van der Waals surface area contributed by atoms with Crippen molar-refractivity contribution < 1.29 is 4.74 Å². The summed E-state index contributed by atoms with van der Waals surface area (Å²) in [7, 11) is 4.32. The molecule has 3 rings (SSSR count). The fraction of sp³-hybridized carbons (Fsp3) is 0.625. The molecule has 0 saturated heterocycles. The van der Waals surface area contributed by atoms with Crippen molar-refractivity contribution in [3.8, 4) is 5.75 Å². The van der Waals surface area contributed by atoms with Gasteiger partial charge >= 0.3 is 0 Å². The summed E-state index contributed by atoms with van der Waals surface area (Å²) >= 11 is 0. The number of aryl methyl sites for hydroxylation is 1. The minimum absolute atomic E-state index is 0.452. The summed E-state index contributed by atoms with van der Waals surface area (Å²) in [6.07, 6.45) is 4.99. The van der Waals surface area contributed by atoms with E-state index in [2.05, 4.69) is 42.5 Å². The van der Waals surface area contributed by atoms with Gasteiger partial charge in [-0.2, -0.15) is 0 Å². The van der Waals surface area contributed by atoms with Crippen LogP contribution >= 0.6 is 0 Å². The van der Waals surface area contributed by atoms with Crippen molar-refractivity contribution in [2.24, 2.45) is 0 Å². The molecular weight excluding hydrogens is 236 g/mol. The molecule has 2 aliphatic rings. The molecule has 1 aliphatic heterocycles. The number of fused-ring (bicyclic) bond motifs is 1. The van der Waals surface area contributed by atoms with Gasteiger partial charge in [-0.25, -0.2) is 0 Å². The van der Waals surface area contributed by atoms with E-state index >= 15 is 0 Å². The summed E-state index contributed by atoms with van der Waals surface area (Å²) in [6, 6.07) is 7.94. The third-order valence-electron chi connectivity index (χ3n) is 4.12. The first kappa shape index (κ1) is 12.9. The summed E-state index contributed by atoms with van der Waals surface area (Å²) < 4.78 is 5.70. The molecule has 104 valence electrons. The van der Waals surface area contributed by atoms with Crippen LogP contribution in [-0.2, 0) is 6.42 Å². The van der Waals surface area contributed by atoms with Gasteiger partial charge in [-0.05, 0) is 57.0 Å². The van der Waals surface area contributed by atoms with Crippen LogP contribution in [0.2, 0.25) is 0 Å².